The molecule has 0 radical (unpaired) electrons. The van der Waals surface area contributed by atoms with E-state index in [4.69, 9.17) is 9.97 Å². The normalized spacial score (nSPS) is 16.2. The molecule has 0 spiro atoms. The highest BCUT2D eigenvalue weighted by Crippen LogP contribution is 2.33. The molecule has 0 saturated carbocycles. The molecule has 1 atom stereocenters. The predicted octanol–water partition coefficient (Wildman–Crippen LogP) is 3.13. The Hall–Kier alpha value is -2.63. The second-order valence-corrected chi connectivity index (χ2v) is 6.73. The highest BCUT2D eigenvalue weighted by molar-refractivity contribution is 5.74. The summed E-state index contributed by atoms with van der Waals surface area (Å²) >= 11 is 0. The van der Waals surface area contributed by atoms with Crippen molar-refractivity contribution >= 4 is 5.82 Å². The number of hydrogen-bond donors (Lipinski definition) is 1. The van der Waals surface area contributed by atoms with Gasteiger partial charge in [-0.1, -0.05) is 43.7 Å². The zero-order chi connectivity index (χ0) is 17.6. The van der Waals surface area contributed by atoms with E-state index < -0.39 is 0 Å². The van der Waals surface area contributed by atoms with Crippen LogP contribution in [-0.2, 0) is 13.1 Å². The molecule has 1 aromatic rings. The van der Waals surface area contributed by atoms with Crippen LogP contribution in [0.5, 0.6) is 0 Å². The van der Waals surface area contributed by atoms with Crippen LogP contribution >= 0.6 is 0 Å². The molecule has 1 N–H and O–H groups in total. The van der Waals surface area contributed by atoms with Crippen LogP contribution in [0.1, 0.15) is 32.3 Å². The minimum Gasteiger partial charge on any atom is -0.365 e. The van der Waals surface area contributed by atoms with Gasteiger partial charge in [-0.2, -0.15) is 0 Å². The van der Waals surface area contributed by atoms with Gasteiger partial charge in [0.25, 0.3) is 0 Å². The molecule has 0 aromatic heterocycles. The smallest absolute Gasteiger partial charge is 0.331 e. The fourth-order valence-electron chi connectivity index (χ4n) is 3.40. The van der Waals surface area contributed by atoms with Gasteiger partial charge in [-0.25, -0.2) is 14.8 Å². The molecule has 0 amide bonds. The number of fused-ring (bicyclic) bond motifs is 3. The van der Waals surface area contributed by atoms with E-state index in [1.54, 1.807) is 4.57 Å². The first-order valence-corrected chi connectivity index (χ1v) is 8.97. The van der Waals surface area contributed by atoms with Crippen LogP contribution in [0.4, 0.5) is 5.82 Å². The maximum atomic E-state index is 12.9. The minimum absolute atomic E-state index is 0.00292. The minimum atomic E-state index is 0.00292. The first kappa shape index (κ1) is 15.9. The lowest BCUT2D eigenvalue weighted by molar-refractivity contribution is 0.556. The zero-order valence-electron chi connectivity index (χ0n) is 14.9. The summed E-state index contributed by atoms with van der Waals surface area (Å²) in [6.07, 6.45) is 1.85. The van der Waals surface area contributed by atoms with Crippen molar-refractivity contribution in [2.24, 2.45) is 0 Å². The van der Waals surface area contributed by atoms with Gasteiger partial charge in [0.15, 0.2) is 11.6 Å². The van der Waals surface area contributed by atoms with Crippen molar-refractivity contribution in [3.8, 4) is 22.9 Å². The van der Waals surface area contributed by atoms with E-state index in [0.717, 1.165) is 29.9 Å². The third kappa shape index (κ3) is 2.52. The van der Waals surface area contributed by atoms with E-state index >= 15 is 0 Å². The average Bonchev–Trinajstić information content (AvgIpc) is 3.23. The van der Waals surface area contributed by atoms with E-state index in [9.17, 15) is 4.79 Å². The van der Waals surface area contributed by atoms with E-state index in [0.29, 0.717) is 24.7 Å². The summed E-state index contributed by atoms with van der Waals surface area (Å²) < 4.78 is 3.59. The second-order valence-electron chi connectivity index (χ2n) is 6.73. The van der Waals surface area contributed by atoms with Crippen molar-refractivity contribution < 1.29 is 0 Å². The molecular weight excluding hydrogens is 314 g/mol. The summed E-state index contributed by atoms with van der Waals surface area (Å²) in [6.45, 7) is 7.60. The highest BCUT2D eigenvalue weighted by atomic mass is 16.1. The fraction of sp³-hybridized carbons (Fsp3) is 0.421. The Labute approximate surface area is 146 Å². The predicted molar refractivity (Wildman–Crippen MR) is 99.1 cm³/mol. The van der Waals surface area contributed by atoms with Crippen LogP contribution in [0.25, 0.3) is 22.9 Å². The quantitative estimate of drug-likeness (QED) is 0.794. The Kier molecular flexibility index (Phi) is 3.82. The highest BCUT2D eigenvalue weighted by Gasteiger charge is 2.30. The van der Waals surface area contributed by atoms with Gasteiger partial charge in [-0.15, -0.1) is 0 Å². The molecule has 0 aliphatic carbocycles. The number of aryl methyl sites for hydroxylation is 1. The number of hydrogen-bond acceptors (Lipinski definition) is 4. The van der Waals surface area contributed by atoms with Gasteiger partial charge in [-0.05, 0) is 19.8 Å². The van der Waals surface area contributed by atoms with Crippen LogP contribution in [0, 0.1) is 6.92 Å². The van der Waals surface area contributed by atoms with Gasteiger partial charge in [0.05, 0.1) is 0 Å². The summed E-state index contributed by atoms with van der Waals surface area (Å²) in [5.41, 5.74) is 2.97. The van der Waals surface area contributed by atoms with Crippen molar-refractivity contribution in [2.75, 3.05) is 5.32 Å². The molecule has 3 aliphatic rings. The fourth-order valence-corrected chi connectivity index (χ4v) is 3.40. The Balaban J connectivity index is 1.93. The number of imidazole rings is 1. The molecule has 6 heteroatoms. The van der Waals surface area contributed by atoms with Crippen LogP contribution in [0.3, 0.4) is 0 Å². The van der Waals surface area contributed by atoms with Gasteiger partial charge in [0.2, 0.25) is 0 Å². The largest absolute Gasteiger partial charge is 0.365 e. The number of benzene rings is 1. The first-order chi connectivity index (χ1) is 12.1. The Morgan fingerprint density at radius 2 is 1.96 bits per heavy atom. The molecule has 25 heavy (non-hydrogen) atoms. The standard InChI is InChI=1S/C19H23N5O/c1-4-10-23-18-15(17-20-14(5-2)11-24(17)19(23)25)21-16(22-18)13-8-6-12(3)7-9-13/h6-9,14,20H,4-5,10-11H2,1-3H3. The molecule has 3 aliphatic heterocycles. The molecular formula is C19H23N5O. The number of rotatable bonds is 4. The zero-order valence-corrected chi connectivity index (χ0v) is 14.9. The van der Waals surface area contributed by atoms with Crippen LogP contribution in [-0.4, -0.2) is 25.1 Å². The molecule has 0 bridgehead atoms. The van der Waals surface area contributed by atoms with Crippen LogP contribution < -0.4 is 11.0 Å². The summed E-state index contributed by atoms with van der Waals surface area (Å²) in [7, 11) is 0. The van der Waals surface area contributed by atoms with E-state index in [2.05, 4.69) is 38.2 Å². The molecule has 3 heterocycles. The lowest BCUT2D eigenvalue weighted by Crippen LogP contribution is -2.32. The number of nitrogens with zero attached hydrogens (tertiary/aromatic N) is 4. The lowest BCUT2D eigenvalue weighted by Gasteiger charge is -2.13. The Bertz CT molecular complexity index is 938. The third-order valence-electron chi connectivity index (χ3n) is 4.85. The van der Waals surface area contributed by atoms with Crippen molar-refractivity contribution in [1.82, 2.24) is 19.1 Å². The van der Waals surface area contributed by atoms with Crippen molar-refractivity contribution in [2.45, 2.75) is 52.7 Å². The van der Waals surface area contributed by atoms with Gasteiger partial charge in [-0.3, -0.25) is 9.13 Å². The maximum absolute atomic E-state index is 12.9. The van der Waals surface area contributed by atoms with E-state index in [1.807, 2.05) is 16.7 Å². The monoisotopic (exact) mass is 337 g/mol. The van der Waals surface area contributed by atoms with Gasteiger partial charge in [0, 0.05) is 24.7 Å². The summed E-state index contributed by atoms with van der Waals surface area (Å²) in [6, 6.07) is 8.44. The summed E-state index contributed by atoms with van der Waals surface area (Å²) in [5.74, 6) is 2.16. The maximum Gasteiger partial charge on any atom is 0.331 e. The molecule has 4 rings (SSSR count). The summed E-state index contributed by atoms with van der Waals surface area (Å²) in [4.78, 5) is 22.4. The van der Waals surface area contributed by atoms with Crippen molar-refractivity contribution in [3.05, 3.63) is 40.3 Å². The summed E-state index contributed by atoms with van der Waals surface area (Å²) in [5, 5.41) is 3.46. The van der Waals surface area contributed by atoms with Crippen molar-refractivity contribution in [3.63, 3.8) is 0 Å². The second kappa shape index (κ2) is 6.02. The van der Waals surface area contributed by atoms with Crippen LogP contribution in [0.15, 0.2) is 29.1 Å². The SMILES string of the molecule is CCCn1c2nc(-c3ccc(C)cc3)nc-2c2n(c1=O)CC(CC)N2. The van der Waals surface area contributed by atoms with Gasteiger partial charge >= 0.3 is 5.69 Å². The topological polar surface area (TPSA) is 64.7 Å². The third-order valence-corrected chi connectivity index (χ3v) is 4.85. The number of aromatic nitrogens is 4. The van der Waals surface area contributed by atoms with E-state index in [-0.39, 0.29) is 11.7 Å². The first-order valence-electron chi connectivity index (χ1n) is 8.97. The number of anilines is 1. The molecule has 0 fully saturated rings. The lowest BCUT2D eigenvalue weighted by atomic mass is 10.1. The van der Waals surface area contributed by atoms with Crippen LogP contribution in [0.2, 0.25) is 0 Å². The molecule has 0 saturated heterocycles. The Morgan fingerprint density at radius 1 is 1.20 bits per heavy atom. The number of nitrogens with one attached hydrogen (secondary N) is 1. The van der Waals surface area contributed by atoms with Gasteiger partial charge < -0.3 is 5.32 Å². The van der Waals surface area contributed by atoms with E-state index in [1.165, 1.54) is 5.56 Å². The van der Waals surface area contributed by atoms with Gasteiger partial charge in [0.1, 0.15) is 11.5 Å². The Morgan fingerprint density at radius 3 is 2.64 bits per heavy atom. The average molecular weight is 337 g/mol. The molecule has 1 unspecified atom stereocenters. The molecule has 6 nitrogen and oxygen atoms in total. The van der Waals surface area contributed by atoms with Crippen molar-refractivity contribution in [1.29, 1.82) is 0 Å². The molecule has 130 valence electrons. The molecule has 1 aromatic carbocycles.